The molecule has 0 amide bonds. The number of hydrogen-bond donors (Lipinski definition) is 0. The summed E-state index contributed by atoms with van der Waals surface area (Å²) < 4.78 is 0. The Morgan fingerprint density at radius 3 is 2.67 bits per heavy atom. The molecule has 3 nitrogen and oxygen atoms in total. The molecule has 1 aliphatic rings. The molecule has 0 aromatic carbocycles. The Hall–Kier alpha value is -1.74. The van der Waals surface area contributed by atoms with Gasteiger partial charge in [-0.3, -0.25) is 14.8 Å². The molecular formula is C17H19ClN2O. The van der Waals surface area contributed by atoms with E-state index < -0.39 is 0 Å². The smallest absolute Gasteiger partial charge is 0.165 e. The fourth-order valence-electron chi connectivity index (χ4n) is 2.73. The van der Waals surface area contributed by atoms with Crippen LogP contribution in [0.15, 0.2) is 36.7 Å². The zero-order valence-corrected chi connectivity index (χ0v) is 13.1. The summed E-state index contributed by atoms with van der Waals surface area (Å²) in [4.78, 5) is 21.0. The molecule has 110 valence electrons. The van der Waals surface area contributed by atoms with Crippen molar-refractivity contribution in [1.82, 2.24) is 9.97 Å². The van der Waals surface area contributed by atoms with Crippen molar-refractivity contribution in [2.75, 3.05) is 0 Å². The maximum absolute atomic E-state index is 12.2. The lowest BCUT2D eigenvalue weighted by Crippen LogP contribution is -2.24. The zero-order chi connectivity index (χ0) is 14.1. The Bertz CT molecular complexity index is 640. The number of hydrogen-bond acceptors (Lipinski definition) is 3. The van der Waals surface area contributed by atoms with Crippen LogP contribution in [0, 0.1) is 11.8 Å². The normalized spacial score (nSPS) is 17.3. The average molecular weight is 303 g/mol. The summed E-state index contributed by atoms with van der Waals surface area (Å²) in [6.07, 6.45) is 5.10. The SMILES string of the molecule is CC(C)C1CC(=O)c2ccc(-c3cccnc3)nc2C1.Cl. The topological polar surface area (TPSA) is 42.9 Å². The minimum absolute atomic E-state index is 0. The number of halogens is 1. The van der Waals surface area contributed by atoms with Crippen molar-refractivity contribution in [3.8, 4) is 11.3 Å². The first-order valence-electron chi connectivity index (χ1n) is 7.08. The monoisotopic (exact) mass is 302 g/mol. The highest BCUT2D eigenvalue weighted by Crippen LogP contribution is 2.30. The van der Waals surface area contributed by atoms with Gasteiger partial charge >= 0.3 is 0 Å². The highest BCUT2D eigenvalue weighted by Gasteiger charge is 2.28. The number of ketones is 1. The predicted molar refractivity (Wildman–Crippen MR) is 85.7 cm³/mol. The van der Waals surface area contributed by atoms with Crippen molar-refractivity contribution in [1.29, 1.82) is 0 Å². The van der Waals surface area contributed by atoms with Gasteiger partial charge in [-0.1, -0.05) is 13.8 Å². The van der Waals surface area contributed by atoms with E-state index in [1.807, 2.05) is 24.3 Å². The number of carbonyl (C=O) groups excluding carboxylic acids is 1. The van der Waals surface area contributed by atoms with Crippen LogP contribution < -0.4 is 0 Å². The second kappa shape index (κ2) is 6.35. The van der Waals surface area contributed by atoms with E-state index in [1.165, 1.54) is 0 Å². The third kappa shape index (κ3) is 3.13. The fraction of sp³-hybridized carbons (Fsp3) is 0.353. The summed E-state index contributed by atoms with van der Waals surface area (Å²) in [7, 11) is 0. The highest BCUT2D eigenvalue weighted by molar-refractivity contribution is 5.98. The number of Topliss-reactive ketones (excluding diaryl/α,β-unsaturated/α-hetero) is 1. The second-order valence-electron chi connectivity index (χ2n) is 5.77. The fourth-order valence-corrected chi connectivity index (χ4v) is 2.73. The van der Waals surface area contributed by atoms with Crippen LogP contribution in [0.5, 0.6) is 0 Å². The summed E-state index contributed by atoms with van der Waals surface area (Å²) in [5, 5.41) is 0. The molecule has 2 aromatic heterocycles. The molecule has 0 N–H and O–H groups in total. The lowest BCUT2D eigenvalue weighted by molar-refractivity contribution is 0.0931. The maximum Gasteiger partial charge on any atom is 0.165 e. The quantitative estimate of drug-likeness (QED) is 0.843. The Labute approximate surface area is 131 Å². The van der Waals surface area contributed by atoms with Gasteiger partial charge in [-0.15, -0.1) is 12.4 Å². The van der Waals surface area contributed by atoms with Crippen molar-refractivity contribution >= 4 is 18.2 Å². The first-order chi connectivity index (χ1) is 9.65. The molecule has 2 aromatic rings. The Morgan fingerprint density at radius 2 is 2.00 bits per heavy atom. The van der Waals surface area contributed by atoms with E-state index in [-0.39, 0.29) is 18.2 Å². The average Bonchev–Trinajstić information content (AvgIpc) is 2.47. The van der Waals surface area contributed by atoms with Crippen LogP contribution >= 0.6 is 12.4 Å². The van der Waals surface area contributed by atoms with Gasteiger partial charge < -0.3 is 0 Å². The van der Waals surface area contributed by atoms with E-state index in [1.54, 1.807) is 12.4 Å². The minimum Gasteiger partial charge on any atom is -0.294 e. The first-order valence-corrected chi connectivity index (χ1v) is 7.08. The van der Waals surface area contributed by atoms with Gasteiger partial charge in [0.1, 0.15) is 0 Å². The van der Waals surface area contributed by atoms with Gasteiger partial charge in [-0.25, -0.2) is 0 Å². The first kappa shape index (κ1) is 15.6. The van der Waals surface area contributed by atoms with Gasteiger partial charge in [0.2, 0.25) is 0 Å². The second-order valence-corrected chi connectivity index (χ2v) is 5.77. The number of aromatic nitrogens is 2. The van der Waals surface area contributed by atoms with Gasteiger partial charge in [0, 0.05) is 29.9 Å². The van der Waals surface area contributed by atoms with Gasteiger partial charge in [0.05, 0.1) is 11.4 Å². The zero-order valence-electron chi connectivity index (χ0n) is 12.2. The Kier molecular flexibility index (Phi) is 4.73. The summed E-state index contributed by atoms with van der Waals surface area (Å²) in [5.41, 5.74) is 3.64. The van der Waals surface area contributed by atoms with E-state index in [0.29, 0.717) is 18.3 Å². The van der Waals surface area contributed by atoms with Gasteiger partial charge in [-0.05, 0) is 42.5 Å². The molecule has 2 heterocycles. The summed E-state index contributed by atoms with van der Waals surface area (Å²) in [6.45, 7) is 4.35. The highest BCUT2D eigenvalue weighted by atomic mass is 35.5. The molecule has 3 rings (SSSR count). The molecule has 1 unspecified atom stereocenters. The molecule has 0 aliphatic heterocycles. The molecule has 0 fully saturated rings. The molecule has 1 atom stereocenters. The van der Waals surface area contributed by atoms with E-state index >= 15 is 0 Å². The van der Waals surface area contributed by atoms with Crippen LogP contribution in [0.3, 0.4) is 0 Å². The lowest BCUT2D eigenvalue weighted by atomic mass is 9.79. The van der Waals surface area contributed by atoms with E-state index in [9.17, 15) is 4.79 Å². The van der Waals surface area contributed by atoms with Crippen LogP contribution in [0.4, 0.5) is 0 Å². The van der Waals surface area contributed by atoms with Crippen LogP contribution in [0.1, 0.15) is 36.3 Å². The van der Waals surface area contributed by atoms with Gasteiger partial charge in [-0.2, -0.15) is 0 Å². The molecule has 0 bridgehead atoms. The van der Waals surface area contributed by atoms with Crippen molar-refractivity contribution in [2.45, 2.75) is 26.7 Å². The molecule has 0 radical (unpaired) electrons. The molecule has 4 heteroatoms. The van der Waals surface area contributed by atoms with Crippen LogP contribution in [-0.2, 0) is 6.42 Å². The van der Waals surface area contributed by atoms with Crippen LogP contribution in [-0.4, -0.2) is 15.8 Å². The predicted octanol–water partition coefficient (Wildman–Crippen LogP) is 3.97. The maximum atomic E-state index is 12.2. The number of carbonyl (C=O) groups is 1. The molecule has 21 heavy (non-hydrogen) atoms. The van der Waals surface area contributed by atoms with Crippen LogP contribution in [0.2, 0.25) is 0 Å². The van der Waals surface area contributed by atoms with Crippen LogP contribution in [0.25, 0.3) is 11.3 Å². The molecule has 0 saturated heterocycles. The van der Waals surface area contributed by atoms with E-state index in [2.05, 4.69) is 18.8 Å². The summed E-state index contributed by atoms with van der Waals surface area (Å²) in [5.74, 6) is 1.15. The largest absolute Gasteiger partial charge is 0.294 e. The molecule has 1 aliphatic carbocycles. The lowest BCUT2D eigenvalue weighted by Gasteiger charge is -2.26. The molecular weight excluding hydrogens is 284 g/mol. The molecule has 0 spiro atoms. The van der Waals surface area contributed by atoms with Crippen molar-refractivity contribution < 1.29 is 4.79 Å². The number of nitrogens with zero attached hydrogens (tertiary/aromatic N) is 2. The number of fused-ring (bicyclic) bond motifs is 1. The Balaban J connectivity index is 0.00000161. The minimum atomic E-state index is 0. The number of rotatable bonds is 2. The summed E-state index contributed by atoms with van der Waals surface area (Å²) >= 11 is 0. The third-order valence-corrected chi connectivity index (χ3v) is 4.08. The summed E-state index contributed by atoms with van der Waals surface area (Å²) in [6, 6.07) is 7.73. The molecule has 0 saturated carbocycles. The standard InChI is InChI=1S/C17H18N2O.ClH/c1-11(2)13-8-16-14(17(20)9-13)5-6-15(19-16)12-4-3-7-18-10-12;/h3-7,10-11,13H,8-9H2,1-2H3;1H. The third-order valence-electron chi connectivity index (χ3n) is 4.08. The van der Waals surface area contributed by atoms with Crippen molar-refractivity contribution in [3.05, 3.63) is 47.9 Å². The van der Waals surface area contributed by atoms with Gasteiger partial charge in [0.15, 0.2) is 5.78 Å². The Morgan fingerprint density at radius 1 is 1.19 bits per heavy atom. The van der Waals surface area contributed by atoms with E-state index in [0.717, 1.165) is 28.9 Å². The van der Waals surface area contributed by atoms with Gasteiger partial charge in [0.25, 0.3) is 0 Å². The van der Waals surface area contributed by atoms with Crippen molar-refractivity contribution in [3.63, 3.8) is 0 Å². The van der Waals surface area contributed by atoms with E-state index in [4.69, 9.17) is 4.98 Å². The van der Waals surface area contributed by atoms with Crippen molar-refractivity contribution in [2.24, 2.45) is 11.8 Å². The number of pyridine rings is 2.